The molecule has 0 N–H and O–H groups in total. The van der Waals surface area contributed by atoms with E-state index < -0.39 is 6.36 Å². The number of alkyl halides is 3. The first-order valence-corrected chi connectivity index (χ1v) is 11.4. The lowest BCUT2D eigenvalue weighted by Gasteiger charge is -2.54. The van der Waals surface area contributed by atoms with Crippen molar-refractivity contribution < 1.29 is 27.4 Å². The summed E-state index contributed by atoms with van der Waals surface area (Å²) in [5, 5.41) is 0. The highest BCUT2D eigenvalue weighted by atomic mass is 19.4. The van der Waals surface area contributed by atoms with Gasteiger partial charge in [0.15, 0.2) is 0 Å². The fraction of sp³-hybridized carbons (Fsp3) is 0.542. The Hall–Kier alpha value is -2.68. The minimum absolute atomic E-state index is 0.0548. The van der Waals surface area contributed by atoms with E-state index >= 15 is 0 Å². The fourth-order valence-corrected chi connectivity index (χ4v) is 4.81. The van der Waals surface area contributed by atoms with Crippen LogP contribution in [0.15, 0.2) is 30.6 Å². The summed E-state index contributed by atoms with van der Waals surface area (Å²) in [5.41, 5.74) is 2.01. The van der Waals surface area contributed by atoms with E-state index in [1.54, 1.807) is 12.4 Å². The molecule has 0 atom stereocenters. The maximum atomic E-state index is 12.9. The van der Waals surface area contributed by atoms with Crippen LogP contribution in [0.25, 0.3) is 0 Å². The Labute approximate surface area is 190 Å². The van der Waals surface area contributed by atoms with E-state index in [4.69, 9.17) is 4.74 Å². The summed E-state index contributed by atoms with van der Waals surface area (Å²) in [4.78, 5) is 23.6. The molecule has 1 amide bonds. The van der Waals surface area contributed by atoms with Crippen LogP contribution in [0.2, 0.25) is 0 Å². The first-order chi connectivity index (χ1) is 15.8. The lowest BCUT2D eigenvalue weighted by molar-refractivity contribution is -0.274. The Morgan fingerprint density at radius 1 is 1.09 bits per heavy atom. The van der Waals surface area contributed by atoms with Gasteiger partial charge in [0.2, 0.25) is 0 Å². The molecule has 6 nitrogen and oxygen atoms in total. The third-order valence-electron chi connectivity index (χ3n) is 6.90. The largest absolute Gasteiger partial charge is 0.573 e. The van der Waals surface area contributed by atoms with E-state index in [-0.39, 0.29) is 17.2 Å². The molecular weight excluding hydrogens is 435 g/mol. The summed E-state index contributed by atoms with van der Waals surface area (Å²) in [6.07, 6.45) is 4.01. The minimum Gasteiger partial charge on any atom is -0.406 e. The molecule has 1 aromatic heterocycles. The molecule has 3 aliphatic rings. The van der Waals surface area contributed by atoms with Crippen LogP contribution in [0.4, 0.5) is 13.2 Å². The number of halogens is 3. The molecule has 1 saturated carbocycles. The summed E-state index contributed by atoms with van der Waals surface area (Å²) in [6.45, 7) is 2.09. The Morgan fingerprint density at radius 3 is 2.42 bits per heavy atom. The second-order valence-electron chi connectivity index (χ2n) is 9.16. The number of aromatic nitrogens is 2. The fourth-order valence-electron chi connectivity index (χ4n) is 4.81. The molecule has 0 unspecified atom stereocenters. The summed E-state index contributed by atoms with van der Waals surface area (Å²) >= 11 is 0. The molecule has 0 bridgehead atoms. The number of hydrogen-bond donors (Lipinski definition) is 0. The monoisotopic (exact) mass is 461 g/mol. The van der Waals surface area contributed by atoms with Gasteiger partial charge in [-0.2, -0.15) is 0 Å². The van der Waals surface area contributed by atoms with Crippen molar-refractivity contribution in [3.05, 3.63) is 53.1 Å². The zero-order valence-electron chi connectivity index (χ0n) is 18.2. The molecule has 1 aromatic carbocycles. The average Bonchev–Trinajstić information content (AvgIpc) is 3.62. The van der Waals surface area contributed by atoms with Crippen molar-refractivity contribution in [1.29, 1.82) is 0 Å². The smallest absolute Gasteiger partial charge is 0.406 e. The number of benzene rings is 1. The van der Waals surface area contributed by atoms with Gasteiger partial charge in [0.1, 0.15) is 11.6 Å². The van der Waals surface area contributed by atoms with Crippen molar-refractivity contribution >= 4 is 5.91 Å². The number of carbonyl (C=O) groups is 1. The van der Waals surface area contributed by atoms with E-state index in [1.807, 2.05) is 11.0 Å². The normalized spacial score (nSPS) is 19.9. The molecule has 176 valence electrons. The molecule has 2 aromatic rings. The second kappa shape index (κ2) is 8.59. The van der Waals surface area contributed by atoms with Gasteiger partial charge in [-0.15, -0.1) is 13.2 Å². The van der Waals surface area contributed by atoms with Crippen molar-refractivity contribution in [2.24, 2.45) is 0 Å². The van der Waals surface area contributed by atoms with Gasteiger partial charge in [-0.25, -0.2) is 9.97 Å². The molecule has 9 heteroatoms. The first-order valence-electron chi connectivity index (χ1n) is 11.4. The van der Waals surface area contributed by atoms with Crippen LogP contribution >= 0.6 is 0 Å². The predicted molar refractivity (Wildman–Crippen MR) is 113 cm³/mol. The Morgan fingerprint density at radius 2 is 1.82 bits per heavy atom. The zero-order valence-corrected chi connectivity index (χ0v) is 18.2. The molecule has 0 radical (unpaired) electrons. The summed E-state index contributed by atoms with van der Waals surface area (Å²) in [6, 6.07) is 4.84. The Bertz CT molecular complexity index is 1020. The summed E-state index contributed by atoms with van der Waals surface area (Å²) in [5.74, 6) is 0.620. The third kappa shape index (κ3) is 4.98. The van der Waals surface area contributed by atoms with Crippen molar-refractivity contribution in [2.75, 3.05) is 19.8 Å². The standard InChI is InChI=1S/C24H26F3N3O3/c25-24(26,27)33-20-12-16(11-18(13-20)17-2-3-17)1-4-21-28-14-19(15-29-21)22(31)30-8-5-23(30)6-9-32-10-7-23/h11-15,17H,1-10H2. The maximum Gasteiger partial charge on any atom is 0.573 e. The van der Waals surface area contributed by atoms with Gasteiger partial charge in [-0.05, 0) is 67.7 Å². The van der Waals surface area contributed by atoms with Gasteiger partial charge in [-0.3, -0.25) is 4.79 Å². The highest BCUT2D eigenvalue weighted by Crippen LogP contribution is 2.42. The van der Waals surface area contributed by atoms with Gasteiger partial charge in [0, 0.05) is 44.1 Å². The third-order valence-corrected chi connectivity index (χ3v) is 6.90. The second-order valence-corrected chi connectivity index (χ2v) is 9.16. The molecular formula is C24H26F3N3O3. The first kappa shape index (κ1) is 22.1. The number of hydrogen-bond acceptors (Lipinski definition) is 5. The molecule has 3 heterocycles. The number of aryl methyl sites for hydroxylation is 2. The SMILES string of the molecule is O=C(c1cnc(CCc2cc(OC(F)(F)F)cc(C3CC3)c2)nc1)N1CCC12CCOCC2. The molecule has 2 saturated heterocycles. The quantitative estimate of drug-likeness (QED) is 0.637. The zero-order chi connectivity index (χ0) is 23.1. The van der Waals surface area contributed by atoms with Gasteiger partial charge >= 0.3 is 6.36 Å². The number of nitrogens with zero attached hydrogens (tertiary/aromatic N) is 3. The van der Waals surface area contributed by atoms with Gasteiger partial charge < -0.3 is 14.4 Å². The van der Waals surface area contributed by atoms with Crippen molar-refractivity contribution in [2.45, 2.75) is 62.8 Å². The molecule has 1 spiro atoms. The lowest BCUT2D eigenvalue weighted by atomic mass is 9.77. The molecule has 3 fully saturated rings. The van der Waals surface area contributed by atoms with E-state index in [0.717, 1.165) is 49.8 Å². The summed E-state index contributed by atoms with van der Waals surface area (Å²) in [7, 11) is 0. The van der Waals surface area contributed by atoms with Crippen LogP contribution in [0, 0.1) is 0 Å². The number of likely N-dealkylation sites (tertiary alicyclic amines) is 1. The number of amides is 1. The Kier molecular flexibility index (Phi) is 5.76. The van der Waals surface area contributed by atoms with E-state index in [1.165, 1.54) is 12.1 Å². The lowest BCUT2D eigenvalue weighted by Crippen LogP contribution is -2.64. The predicted octanol–water partition coefficient (Wildman–Crippen LogP) is 4.43. The number of rotatable bonds is 6. The molecule has 1 aliphatic carbocycles. The molecule has 5 rings (SSSR count). The highest BCUT2D eigenvalue weighted by molar-refractivity contribution is 5.94. The van der Waals surface area contributed by atoms with Crippen LogP contribution in [-0.4, -0.2) is 52.4 Å². The van der Waals surface area contributed by atoms with Gasteiger partial charge in [0.05, 0.1) is 5.56 Å². The molecule has 2 aliphatic heterocycles. The molecule has 33 heavy (non-hydrogen) atoms. The summed E-state index contributed by atoms with van der Waals surface area (Å²) < 4.78 is 47.7. The topological polar surface area (TPSA) is 64.5 Å². The van der Waals surface area contributed by atoms with Gasteiger partial charge in [-0.1, -0.05) is 6.07 Å². The van der Waals surface area contributed by atoms with Gasteiger partial charge in [0.25, 0.3) is 5.91 Å². The van der Waals surface area contributed by atoms with Crippen molar-refractivity contribution in [3.63, 3.8) is 0 Å². The van der Waals surface area contributed by atoms with Crippen LogP contribution in [-0.2, 0) is 17.6 Å². The number of carbonyl (C=O) groups excluding carboxylic acids is 1. The van der Waals surface area contributed by atoms with Crippen LogP contribution in [0.1, 0.15) is 65.3 Å². The minimum atomic E-state index is -4.72. The van der Waals surface area contributed by atoms with E-state index in [9.17, 15) is 18.0 Å². The van der Waals surface area contributed by atoms with Crippen LogP contribution in [0.3, 0.4) is 0 Å². The van der Waals surface area contributed by atoms with E-state index in [0.29, 0.717) is 43.4 Å². The van der Waals surface area contributed by atoms with Crippen LogP contribution in [0.5, 0.6) is 5.75 Å². The number of ether oxygens (including phenoxy) is 2. The highest BCUT2D eigenvalue weighted by Gasteiger charge is 2.48. The van der Waals surface area contributed by atoms with E-state index in [2.05, 4.69) is 14.7 Å². The maximum absolute atomic E-state index is 12.9. The average molecular weight is 461 g/mol. The van der Waals surface area contributed by atoms with Crippen molar-refractivity contribution in [1.82, 2.24) is 14.9 Å². The van der Waals surface area contributed by atoms with Crippen molar-refractivity contribution in [3.8, 4) is 5.75 Å². The van der Waals surface area contributed by atoms with Crippen LogP contribution < -0.4 is 4.74 Å². The Balaban J connectivity index is 1.23.